The molecule has 0 saturated heterocycles. The second-order valence-electron chi connectivity index (χ2n) is 6.90. The fraction of sp³-hybridized carbons (Fsp3) is 0.227. The molecule has 2 aromatic carbocycles. The van der Waals surface area contributed by atoms with E-state index in [1.807, 2.05) is 24.3 Å². The van der Waals surface area contributed by atoms with Crippen molar-refractivity contribution in [3.8, 4) is 11.1 Å². The van der Waals surface area contributed by atoms with Crippen molar-refractivity contribution in [3.05, 3.63) is 80.0 Å². The summed E-state index contributed by atoms with van der Waals surface area (Å²) in [7, 11) is 0. The molecule has 4 rings (SSSR count). The van der Waals surface area contributed by atoms with Gasteiger partial charge in [0.1, 0.15) is 6.61 Å². The standard InChI is InChI=1S/C22H19Cl2NO3S/c23-20-10-13(21(24)29-20)9-14(11-26)25-22(27)28-12-19-17-7-3-1-5-15(17)16-6-2-4-8-18(16)19/h1-8,10,14,19,26H,9,11-12H2,(H,25,27). The van der Waals surface area contributed by atoms with Crippen molar-refractivity contribution in [1.29, 1.82) is 0 Å². The summed E-state index contributed by atoms with van der Waals surface area (Å²) in [5.74, 6) is -0.00847. The third-order valence-electron chi connectivity index (χ3n) is 5.08. The summed E-state index contributed by atoms with van der Waals surface area (Å²) in [5, 5.41) is 12.3. The van der Waals surface area contributed by atoms with E-state index in [0.717, 1.165) is 16.7 Å². The lowest BCUT2D eigenvalue weighted by Gasteiger charge is -2.18. The van der Waals surface area contributed by atoms with Crippen LogP contribution >= 0.6 is 34.5 Å². The number of carbonyl (C=O) groups excluding carboxylic acids is 1. The smallest absolute Gasteiger partial charge is 0.407 e. The number of halogens is 2. The first kappa shape index (κ1) is 20.2. The number of benzene rings is 2. The number of aliphatic hydroxyl groups is 1. The highest BCUT2D eigenvalue weighted by Crippen LogP contribution is 2.44. The number of rotatable bonds is 6. The summed E-state index contributed by atoms with van der Waals surface area (Å²) >= 11 is 13.4. The molecule has 1 aliphatic rings. The lowest BCUT2D eigenvalue weighted by molar-refractivity contribution is 0.132. The molecular formula is C22H19Cl2NO3S. The first-order valence-corrected chi connectivity index (χ1v) is 10.8. The third kappa shape index (κ3) is 4.28. The van der Waals surface area contributed by atoms with E-state index in [4.69, 9.17) is 27.9 Å². The Bertz CT molecular complexity index is 991. The quantitative estimate of drug-likeness (QED) is 0.524. The number of ether oxygens (including phenoxy) is 1. The predicted octanol–water partition coefficient (Wildman–Crippen LogP) is 5.50. The van der Waals surface area contributed by atoms with Gasteiger partial charge in [-0.15, -0.1) is 11.3 Å². The van der Waals surface area contributed by atoms with Crippen LogP contribution < -0.4 is 5.32 Å². The molecule has 1 aromatic heterocycles. The van der Waals surface area contributed by atoms with Gasteiger partial charge < -0.3 is 15.2 Å². The molecule has 0 aliphatic heterocycles. The van der Waals surface area contributed by atoms with Crippen LogP contribution in [0.1, 0.15) is 22.6 Å². The monoisotopic (exact) mass is 447 g/mol. The van der Waals surface area contributed by atoms with Crippen LogP contribution in [0.15, 0.2) is 54.6 Å². The van der Waals surface area contributed by atoms with Crippen LogP contribution in [0.4, 0.5) is 4.79 Å². The molecule has 0 spiro atoms. The van der Waals surface area contributed by atoms with Gasteiger partial charge in [0.05, 0.1) is 21.3 Å². The van der Waals surface area contributed by atoms with Crippen LogP contribution in [-0.4, -0.2) is 30.5 Å². The maximum atomic E-state index is 12.4. The second-order valence-corrected chi connectivity index (χ2v) is 9.19. The molecule has 0 saturated carbocycles. The zero-order valence-electron chi connectivity index (χ0n) is 15.4. The Morgan fingerprint density at radius 2 is 1.72 bits per heavy atom. The lowest BCUT2D eigenvalue weighted by atomic mass is 9.98. The highest BCUT2D eigenvalue weighted by Gasteiger charge is 2.29. The minimum atomic E-state index is -0.566. The molecule has 0 radical (unpaired) electrons. The number of nitrogens with one attached hydrogen (secondary N) is 1. The highest BCUT2D eigenvalue weighted by molar-refractivity contribution is 7.20. The van der Waals surface area contributed by atoms with Crippen molar-refractivity contribution in [3.63, 3.8) is 0 Å². The van der Waals surface area contributed by atoms with Crippen LogP contribution in [0.25, 0.3) is 11.1 Å². The Morgan fingerprint density at radius 1 is 1.10 bits per heavy atom. The number of alkyl carbamates (subject to hydrolysis) is 1. The van der Waals surface area contributed by atoms with Crippen molar-refractivity contribution in [2.45, 2.75) is 18.4 Å². The fourth-order valence-corrected chi connectivity index (χ4v) is 5.26. The molecule has 4 nitrogen and oxygen atoms in total. The van der Waals surface area contributed by atoms with Crippen LogP contribution in [0, 0.1) is 0 Å². The molecule has 0 fully saturated rings. The van der Waals surface area contributed by atoms with Crippen LogP contribution in [0.5, 0.6) is 0 Å². The minimum Gasteiger partial charge on any atom is -0.449 e. The summed E-state index contributed by atoms with van der Waals surface area (Å²) in [4.78, 5) is 12.4. The average Bonchev–Trinajstić information content (AvgIpc) is 3.22. The maximum Gasteiger partial charge on any atom is 0.407 e. The van der Waals surface area contributed by atoms with Gasteiger partial charge in [0.2, 0.25) is 0 Å². The van der Waals surface area contributed by atoms with Gasteiger partial charge >= 0.3 is 6.09 Å². The third-order valence-corrected chi connectivity index (χ3v) is 6.65. The van der Waals surface area contributed by atoms with Crippen molar-refractivity contribution in [2.24, 2.45) is 0 Å². The first-order valence-electron chi connectivity index (χ1n) is 9.23. The Morgan fingerprint density at radius 3 is 2.28 bits per heavy atom. The number of thiophene rings is 1. The number of hydrogen-bond acceptors (Lipinski definition) is 4. The van der Waals surface area contributed by atoms with E-state index < -0.39 is 12.1 Å². The van der Waals surface area contributed by atoms with Gasteiger partial charge in [-0.05, 0) is 40.3 Å². The van der Waals surface area contributed by atoms with Gasteiger partial charge in [0.15, 0.2) is 0 Å². The van der Waals surface area contributed by atoms with Crippen LogP contribution in [0.2, 0.25) is 8.67 Å². The molecule has 1 aliphatic carbocycles. The van der Waals surface area contributed by atoms with E-state index in [0.29, 0.717) is 15.1 Å². The van der Waals surface area contributed by atoms with Crippen LogP contribution in [-0.2, 0) is 11.2 Å². The van der Waals surface area contributed by atoms with Crippen molar-refractivity contribution < 1.29 is 14.6 Å². The molecule has 7 heteroatoms. The van der Waals surface area contributed by atoms with Crippen molar-refractivity contribution >= 4 is 40.6 Å². The normalized spacial score (nSPS) is 13.6. The van der Waals surface area contributed by atoms with Gasteiger partial charge in [-0.1, -0.05) is 71.7 Å². The Kier molecular flexibility index (Phi) is 6.11. The molecule has 3 aromatic rings. The molecule has 1 heterocycles. The summed E-state index contributed by atoms with van der Waals surface area (Å²) < 4.78 is 6.66. The summed E-state index contributed by atoms with van der Waals surface area (Å²) in [6.45, 7) is -0.00294. The number of carbonyl (C=O) groups is 1. The molecule has 29 heavy (non-hydrogen) atoms. The number of fused-ring (bicyclic) bond motifs is 3. The van der Waals surface area contributed by atoms with Gasteiger partial charge in [0.25, 0.3) is 0 Å². The highest BCUT2D eigenvalue weighted by atomic mass is 35.5. The van der Waals surface area contributed by atoms with E-state index in [1.165, 1.54) is 22.5 Å². The number of hydrogen-bond donors (Lipinski definition) is 2. The van der Waals surface area contributed by atoms with E-state index in [-0.39, 0.29) is 19.1 Å². The fourth-order valence-electron chi connectivity index (χ4n) is 3.75. The van der Waals surface area contributed by atoms with Gasteiger partial charge in [-0.3, -0.25) is 0 Å². The van der Waals surface area contributed by atoms with Crippen LogP contribution in [0.3, 0.4) is 0 Å². The van der Waals surface area contributed by atoms with Gasteiger partial charge in [-0.2, -0.15) is 0 Å². The second kappa shape index (κ2) is 8.76. The molecule has 0 bridgehead atoms. The van der Waals surface area contributed by atoms with Gasteiger partial charge in [0, 0.05) is 5.92 Å². The molecule has 1 atom stereocenters. The topological polar surface area (TPSA) is 58.6 Å². The molecular weight excluding hydrogens is 429 g/mol. The summed E-state index contributed by atoms with van der Waals surface area (Å²) in [5.41, 5.74) is 5.45. The number of amides is 1. The summed E-state index contributed by atoms with van der Waals surface area (Å²) in [6, 6.07) is 17.6. The van der Waals surface area contributed by atoms with E-state index >= 15 is 0 Å². The maximum absolute atomic E-state index is 12.4. The number of aliphatic hydroxyl groups excluding tert-OH is 1. The van der Waals surface area contributed by atoms with Crippen molar-refractivity contribution in [1.82, 2.24) is 5.32 Å². The van der Waals surface area contributed by atoms with E-state index in [1.54, 1.807) is 6.07 Å². The Balaban J connectivity index is 1.41. The molecule has 2 N–H and O–H groups in total. The SMILES string of the molecule is O=C(NC(CO)Cc1cc(Cl)sc1Cl)OCC1c2ccccc2-c2ccccc21. The van der Waals surface area contributed by atoms with E-state index in [2.05, 4.69) is 29.6 Å². The zero-order chi connectivity index (χ0) is 20.4. The molecule has 150 valence electrons. The van der Waals surface area contributed by atoms with Crippen molar-refractivity contribution in [2.75, 3.05) is 13.2 Å². The Hall–Kier alpha value is -2.05. The minimum absolute atomic E-state index is 0.00847. The molecule has 1 amide bonds. The first-order chi connectivity index (χ1) is 14.1. The predicted molar refractivity (Wildman–Crippen MR) is 117 cm³/mol. The molecule has 1 unspecified atom stereocenters. The average molecular weight is 448 g/mol. The zero-order valence-corrected chi connectivity index (χ0v) is 17.7. The largest absolute Gasteiger partial charge is 0.449 e. The Labute approximate surface area is 183 Å². The summed E-state index contributed by atoms with van der Waals surface area (Å²) in [6.07, 6.45) is -0.189. The van der Waals surface area contributed by atoms with Gasteiger partial charge in [-0.25, -0.2) is 4.79 Å². The van der Waals surface area contributed by atoms with E-state index in [9.17, 15) is 9.90 Å². The lowest BCUT2D eigenvalue weighted by Crippen LogP contribution is -2.39.